The Kier molecular flexibility index (Phi) is 6.49. The van der Waals surface area contributed by atoms with E-state index in [2.05, 4.69) is 25.6 Å². The average molecular weight is 442 g/mol. The van der Waals surface area contributed by atoms with Crippen molar-refractivity contribution >= 4 is 28.9 Å². The summed E-state index contributed by atoms with van der Waals surface area (Å²) in [5.41, 5.74) is 2.20. The van der Waals surface area contributed by atoms with Gasteiger partial charge in [-0.2, -0.15) is 0 Å². The van der Waals surface area contributed by atoms with Gasteiger partial charge in [-0.05, 0) is 29.3 Å². The number of carbonyl (C=O) groups is 2. The average Bonchev–Trinajstić information content (AvgIpc) is 3.19. The molecule has 1 aromatic carbocycles. The second kappa shape index (κ2) is 9.82. The first-order chi connectivity index (χ1) is 16.1. The zero-order valence-corrected chi connectivity index (χ0v) is 17.9. The lowest BCUT2D eigenvalue weighted by molar-refractivity contribution is -0.115. The van der Waals surface area contributed by atoms with E-state index in [1.54, 1.807) is 36.8 Å². The molecule has 33 heavy (non-hydrogen) atoms. The summed E-state index contributed by atoms with van der Waals surface area (Å²) in [6.45, 7) is -0.293. The molecule has 9 heteroatoms. The van der Waals surface area contributed by atoms with Crippen molar-refractivity contribution in [2.75, 3.05) is 19.0 Å². The lowest BCUT2D eigenvalue weighted by atomic mass is 9.86. The fourth-order valence-electron chi connectivity index (χ4n) is 3.70. The Bertz CT molecular complexity index is 1200. The van der Waals surface area contributed by atoms with Gasteiger partial charge in [0.05, 0.1) is 24.8 Å². The van der Waals surface area contributed by atoms with Crippen molar-refractivity contribution in [3.05, 3.63) is 84.3 Å². The van der Waals surface area contributed by atoms with Crippen LogP contribution in [-0.4, -0.2) is 46.9 Å². The van der Waals surface area contributed by atoms with Gasteiger partial charge in [0.15, 0.2) is 0 Å². The molecule has 4 rings (SSSR count). The van der Waals surface area contributed by atoms with Crippen molar-refractivity contribution in [3.8, 4) is 5.88 Å². The Morgan fingerprint density at radius 1 is 1.15 bits per heavy atom. The number of carbonyl (C=O) groups excluding carboxylic acids is 2. The molecular weight excluding hydrogens is 420 g/mol. The molecule has 1 saturated heterocycles. The number of hydrogen-bond acceptors (Lipinski definition) is 7. The van der Waals surface area contributed by atoms with Crippen LogP contribution in [0, 0.1) is 11.3 Å². The van der Waals surface area contributed by atoms with E-state index in [1.165, 1.54) is 7.11 Å². The van der Waals surface area contributed by atoms with Crippen LogP contribution in [0.2, 0.25) is 0 Å². The van der Waals surface area contributed by atoms with Gasteiger partial charge in [0.25, 0.3) is 5.91 Å². The highest BCUT2D eigenvalue weighted by Crippen LogP contribution is 2.31. The Balaban J connectivity index is 1.61. The van der Waals surface area contributed by atoms with E-state index in [-0.39, 0.29) is 23.8 Å². The van der Waals surface area contributed by atoms with E-state index in [0.29, 0.717) is 11.3 Å². The Labute approximate surface area is 190 Å². The maximum atomic E-state index is 12.9. The SMILES string of the molecule is COc1ncccc1NC(=O)CN=C1C(=O)NC(c2cccnc2)C1C(=N)c1ccccc1. The molecule has 0 aliphatic carbocycles. The summed E-state index contributed by atoms with van der Waals surface area (Å²) >= 11 is 0. The van der Waals surface area contributed by atoms with E-state index < -0.39 is 23.8 Å². The van der Waals surface area contributed by atoms with Gasteiger partial charge >= 0.3 is 0 Å². The molecule has 2 unspecified atom stereocenters. The topological polar surface area (TPSA) is 129 Å². The van der Waals surface area contributed by atoms with Crippen molar-refractivity contribution in [2.45, 2.75) is 6.04 Å². The fraction of sp³-hybridized carbons (Fsp3) is 0.167. The third kappa shape index (κ3) is 4.77. The number of nitrogens with zero attached hydrogens (tertiary/aromatic N) is 3. The summed E-state index contributed by atoms with van der Waals surface area (Å²) in [4.78, 5) is 37.9. The lowest BCUT2D eigenvalue weighted by Crippen LogP contribution is -2.28. The molecule has 0 spiro atoms. The molecule has 1 fully saturated rings. The fourth-order valence-corrected chi connectivity index (χ4v) is 3.70. The molecule has 3 heterocycles. The number of pyridine rings is 2. The first-order valence-corrected chi connectivity index (χ1v) is 10.3. The van der Waals surface area contributed by atoms with Crippen molar-refractivity contribution in [2.24, 2.45) is 10.9 Å². The highest BCUT2D eigenvalue weighted by molar-refractivity contribution is 6.46. The van der Waals surface area contributed by atoms with E-state index in [1.807, 2.05) is 36.4 Å². The van der Waals surface area contributed by atoms with E-state index in [9.17, 15) is 9.59 Å². The second-order valence-corrected chi connectivity index (χ2v) is 7.30. The zero-order valence-electron chi connectivity index (χ0n) is 17.9. The van der Waals surface area contributed by atoms with Gasteiger partial charge < -0.3 is 20.8 Å². The minimum absolute atomic E-state index is 0.131. The number of methoxy groups -OCH3 is 1. The normalized spacial score (nSPS) is 18.6. The molecule has 0 bridgehead atoms. The molecule has 9 nitrogen and oxygen atoms in total. The molecule has 1 aliphatic heterocycles. The second-order valence-electron chi connectivity index (χ2n) is 7.30. The lowest BCUT2D eigenvalue weighted by Gasteiger charge is -2.20. The van der Waals surface area contributed by atoms with Crippen LogP contribution in [0.25, 0.3) is 0 Å². The number of nitrogens with one attached hydrogen (secondary N) is 3. The highest BCUT2D eigenvalue weighted by Gasteiger charge is 2.42. The predicted molar refractivity (Wildman–Crippen MR) is 124 cm³/mol. The van der Waals surface area contributed by atoms with Gasteiger partial charge in [-0.25, -0.2) is 4.98 Å². The molecule has 3 aromatic rings. The van der Waals surface area contributed by atoms with Gasteiger partial charge in [-0.1, -0.05) is 36.4 Å². The number of hydrogen-bond donors (Lipinski definition) is 3. The molecule has 1 aliphatic rings. The van der Waals surface area contributed by atoms with Crippen LogP contribution in [0.1, 0.15) is 17.2 Å². The van der Waals surface area contributed by atoms with E-state index >= 15 is 0 Å². The minimum atomic E-state index is -0.676. The molecule has 2 amide bonds. The molecule has 2 aromatic heterocycles. The van der Waals surface area contributed by atoms with Crippen LogP contribution < -0.4 is 15.4 Å². The number of anilines is 1. The highest BCUT2D eigenvalue weighted by atomic mass is 16.5. The standard InChI is InChI=1S/C24H22N6O3/c1-33-24-17(10-6-12-27-24)29-18(31)14-28-22-19(20(25)15-7-3-2-4-8-15)21(30-23(22)32)16-9-5-11-26-13-16/h2-13,19,21,25H,14H2,1H3,(H,29,31)(H,30,32). The molecule has 0 saturated carbocycles. The predicted octanol–water partition coefficient (Wildman–Crippen LogP) is 2.42. The maximum Gasteiger partial charge on any atom is 0.266 e. The van der Waals surface area contributed by atoms with Crippen LogP contribution in [0.15, 0.2) is 78.2 Å². The Hall–Kier alpha value is -4.40. The van der Waals surface area contributed by atoms with E-state index in [4.69, 9.17) is 10.1 Å². The maximum absolute atomic E-state index is 12.9. The minimum Gasteiger partial charge on any atom is -0.480 e. The monoisotopic (exact) mass is 442 g/mol. The number of amides is 2. The Morgan fingerprint density at radius 3 is 2.67 bits per heavy atom. The summed E-state index contributed by atoms with van der Waals surface area (Å²) in [7, 11) is 1.46. The van der Waals surface area contributed by atoms with Crippen LogP contribution in [0.5, 0.6) is 5.88 Å². The molecular formula is C24H22N6O3. The van der Waals surface area contributed by atoms with E-state index in [0.717, 1.165) is 5.56 Å². The number of aliphatic imine (C=N–C) groups is 1. The summed E-state index contributed by atoms with van der Waals surface area (Å²) < 4.78 is 5.14. The first kappa shape index (κ1) is 21.8. The van der Waals surface area contributed by atoms with Crippen molar-refractivity contribution in [1.29, 1.82) is 5.41 Å². The molecule has 3 N–H and O–H groups in total. The summed E-state index contributed by atoms with van der Waals surface area (Å²) in [6.07, 6.45) is 4.85. The smallest absolute Gasteiger partial charge is 0.266 e. The Morgan fingerprint density at radius 2 is 1.94 bits per heavy atom. The first-order valence-electron chi connectivity index (χ1n) is 10.3. The van der Waals surface area contributed by atoms with Crippen molar-refractivity contribution < 1.29 is 14.3 Å². The third-order valence-electron chi connectivity index (χ3n) is 5.22. The zero-order chi connectivity index (χ0) is 23.2. The number of aromatic nitrogens is 2. The third-order valence-corrected chi connectivity index (χ3v) is 5.22. The molecule has 166 valence electrons. The molecule has 0 radical (unpaired) electrons. The summed E-state index contributed by atoms with van der Waals surface area (Å²) in [5.74, 6) is -1.25. The summed E-state index contributed by atoms with van der Waals surface area (Å²) in [5, 5.41) is 14.4. The van der Waals surface area contributed by atoms with Crippen LogP contribution in [0.4, 0.5) is 5.69 Å². The van der Waals surface area contributed by atoms with Crippen LogP contribution in [-0.2, 0) is 9.59 Å². The van der Waals surface area contributed by atoms with Crippen molar-refractivity contribution in [3.63, 3.8) is 0 Å². The van der Waals surface area contributed by atoms with Crippen molar-refractivity contribution in [1.82, 2.24) is 15.3 Å². The number of ether oxygens (including phenoxy) is 1. The summed E-state index contributed by atoms with van der Waals surface area (Å²) in [6, 6.07) is 15.6. The van der Waals surface area contributed by atoms with Gasteiger partial charge in [-0.3, -0.25) is 19.6 Å². The van der Waals surface area contributed by atoms with Crippen LogP contribution in [0.3, 0.4) is 0 Å². The molecule has 2 atom stereocenters. The number of benzene rings is 1. The van der Waals surface area contributed by atoms with Gasteiger partial charge in [0, 0.05) is 18.6 Å². The largest absolute Gasteiger partial charge is 0.480 e. The van der Waals surface area contributed by atoms with Gasteiger partial charge in [-0.15, -0.1) is 0 Å². The van der Waals surface area contributed by atoms with Crippen LogP contribution >= 0.6 is 0 Å². The number of rotatable bonds is 7. The quantitative estimate of drug-likeness (QED) is 0.484. The van der Waals surface area contributed by atoms with Gasteiger partial charge in [0.1, 0.15) is 17.9 Å². The van der Waals surface area contributed by atoms with Gasteiger partial charge in [0.2, 0.25) is 11.8 Å².